The molecule has 1 rings (SSSR count). The highest BCUT2D eigenvalue weighted by Gasteiger charge is 2.10. The fraction of sp³-hybridized carbons (Fsp3) is 0.500. The smallest absolute Gasteiger partial charge is 0.204 e. The molecule has 1 heterocycles. The van der Waals surface area contributed by atoms with Crippen LogP contribution >= 0.6 is 0 Å². The normalized spacial score (nSPS) is 29.4. The van der Waals surface area contributed by atoms with Crippen LogP contribution in [0.5, 0.6) is 0 Å². The van der Waals surface area contributed by atoms with Crippen molar-refractivity contribution in [1.29, 1.82) is 0 Å². The van der Waals surface area contributed by atoms with Gasteiger partial charge in [0.05, 0.1) is 0 Å². The quantitative estimate of drug-likeness (QED) is 0.442. The Balaban J connectivity index is 2.54. The molecular weight excluding hydrogens is 94.0 g/mol. The largest absolute Gasteiger partial charge is 0.363 e. The molecule has 0 spiro atoms. The predicted octanol–water partition coefficient (Wildman–Crippen LogP) is -0.257. The summed E-state index contributed by atoms with van der Waals surface area (Å²) in [6.07, 6.45) is 0.880. The molecule has 0 aliphatic carbocycles. The summed E-state index contributed by atoms with van der Waals surface area (Å²) < 4.78 is 0. The van der Waals surface area contributed by atoms with Crippen LogP contribution in [0.15, 0.2) is 11.8 Å². The molecule has 0 aromatic rings. The highest BCUT2D eigenvalue weighted by molar-refractivity contribution is 5.01. The molecule has 0 bridgehead atoms. The molecule has 40 valence electrons. The van der Waals surface area contributed by atoms with Crippen molar-refractivity contribution in [3.8, 4) is 0 Å². The molecule has 0 saturated heterocycles. The molecular formula is C4H7NO2. The Labute approximate surface area is 41.6 Å². The monoisotopic (exact) mass is 101 g/mol. The van der Waals surface area contributed by atoms with E-state index >= 15 is 0 Å². The van der Waals surface area contributed by atoms with E-state index in [1.54, 1.807) is 13.1 Å². The van der Waals surface area contributed by atoms with Gasteiger partial charge in [0.2, 0.25) is 6.29 Å². The van der Waals surface area contributed by atoms with Gasteiger partial charge in [0.25, 0.3) is 0 Å². The van der Waals surface area contributed by atoms with Gasteiger partial charge in [-0.3, -0.25) is 5.48 Å². The Kier molecular flexibility index (Phi) is 1.00. The molecule has 0 amide bonds. The van der Waals surface area contributed by atoms with Crippen LogP contribution in [0.3, 0.4) is 0 Å². The molecule has 1 unspecified atom stereocenters. The van der Waals surface area contributed by atoms with Gasteiger partial charge in [-0.15, -0.1) is 0 Å². The summed E-state index contributed by atoms with van der Waals surface area (Å²) >= 11 is 0. The van der Waals surface area contributed by atoms with Crippen molar-refractivity contribution in [2.24, 2.45) is 0 Å². The zero-order valence-corrected chi connectivity index (χ0v) is 4.01. The SMILES string of the molecule is CC1=CNOC1O. The molecule has 7 heavy (non-hydrogen) atoms. The summed E-state index contributed by atoms with van der Waals surface area (Å²) in [4.78, 5) is 4.48. The van der Waals surface area contributed by atoms with Crippen LogP contribution in [0.4, 0.5) is 0 Å². The molecule has 0 aromatic carbocycles. The van der Waals surface area contributed by atoms with Gasteiger partial charge in [-0.25, -0.2) is 4.84 Å². The van der Waals surface area contributed by atoms with Crippen LogP contribution in [0.25, 0.3) is 0 Å². The second-order valence-electron chi connectivity index (χ2n) is 1.48. The van der Waals surface area contributed by atoms with Crippen LogP contribution in [0.1, 0.15) is 6.92 Å². The molecule has 2 N–H and O–H groups in total. The fourth-order valence-corrected chi connectivity index (χ4v) is 0.356. The second kappa shape index (κ2) is 1.52. The number of aliphatic hydroxyl groups is 1. The van der Waals surface area contributed by atoms with E-state index in [0.29, 0.717) is 0 Å². The van der Waals surface area contributed by atoms with Gasteiger partial charge in [-0.05, 0) is 6.92 Å². The lowest BCUT2D eigenvalue weighted by molar-refractivity contribution is -0.0895. The van der Waals surface area contributed by atoms with Gasteiger partial charge in [0.1, 0.15) is 0 Å². The summed E-state index contributed by atoms with van der Waals surface area (Å²) in [5.74, 6) is 0. The van der Waals surface area contributed by atoms with Crippen molar-refractivity contribution in [2.75, 3.05) is 0 Å². The van der Waals surface area contributed by atoms with Crippen molar-refractivity contribution in [2.45, 2.75) is 13.2 Å². The molecule has 0 radical (unpaired) electrons. The van der Waals surface area contributed by atoms with E-state index in [0.717, 1.165) is 5.57 Å². The minimum absolute atomic E-state index is 0.736. The molecule has 3 heteroatoms. The Bertz CT molecular complexity index is 99.9. The van der Waals surface area contributed by atoms with Gasteiger partial charge in [0.15, 0.2) is 0 Å². The number of hydrogen-bond acceptors (Lipinski definition) is 3. The van der Waals surface area contributed by atoms with E-state index in [-0.39, 0.29) is 0 Å². The van der Waals surface area contributed by atoms with E-state index in [1.807, 2.05) is 0 Å². The van der Waals surface area contributed by atoms with Crippen molar-refractivity contribution >= 4 is 0 Å². The first-order valence-corrected chi connectivity index (χ1v) is 2.06. The third-order valence-electron chi connectivity index (χ3n) is 0.856. The summed E-state index contributed by atoms with van der Waals surface area (Å²) in [7, 11) is 0. The van der Waals surface area contributed by atoms with E-state index in [9.17, 15) is 0 Å². The van der Waals surface area contributed by atoms with Gasteiger partial charge < -0.3 is 5.11 Å². The third-order valence-corrected chi connectivity index (χ3v) is 0.856. The number of hydrogen-bond donors (Lipinski definition) is 2. The summed E-state index contributed by atoms with van der Waals surface area (Å²) in [6.45, 7) is 1.78. The van der Waals surface area contributed by atoms with Crippen LogP contribution in [0.2, 0.25) is 0 Å². The Hall–Kier alpha value is -0.540. The van der Waals surface area contributed by atoms with Crippen molar-refractivity contribution in [3.05, 3.63) is 11.8 Å². The van der Waals surface area contributed by atoms with Gasteiger partial charge >= 0.3 is 0 Å². The fourth-order valence-electron chi connectivity index (χ4n) is 0.356. The molecule has 3 nitrogen and oxygen atoms in total. The van der Waals surface area contributed by atoms with Crippen LogP contribution < -0.4 is 5.48 Å². The lowest BCUT2D eigenvalue weighted by Gasteiger charge is -1.97. The topological polar surface area (TPSA) is 41.5 Å². The lowest BCUT2D eigenvalue weighted by atomic mass is 10.3. The van der Waals surface area contributed by atoms with Crippen molar-refractivity contribution < 1.29 is 9.94 Å². The third kappa shape index (κ3) is 0.730. The first-order valence-electron chi connectivity index (χ1n) is 2.06. The second-order valence-corrected chi connectivity index (χ2v) is 1.48. The minimum Gasteiger partial charge on any atom is -0.363 e. The molecule has 0 aromatic heterocycles. The van der Waals surface area contributed by atoms with E-state index in [4.69, 9.17) is 5.11 Å². The Morgan fingerprint density at radius 2 is 2.71 bits per heavy atom. The van der Waals surface area contributed by atoms with Gasteiger partial charge in [-0.2, -0.15) is 0 Å². The highest BCUT2D eigenvalue weighted by atomic mass is 16.7. The maximum Gasteiger partial charge on any atom is 0.204 e. The van der Waals surface area contributed by atoms with Crippen molar-refractivity contribution in [3.63, 3.8) is 0 Å². The molecule has 1 aliphatic rings. The molecule has 1 atom stereocenters. The van der Waals surface area contributed by atoms with E-state index in [1.165, 1.54) is 0 Å². The van der Waals surface area contributed by atoms with Gasteiger partial charge in [0, 0.05) is 11.8 Å². The summed E-state index contributed by atoms with van der Waals surface area (Å²) in [6, 6.07) is 0. The average molecular weight is 101 g/mol. The maximum atomic E-state index is 8.64. The van der Waals surface area contributed by atoms with E-state index < -0.39 is 6.29 Å². The van der Waals surface area contributed by atoms with Crippen LogP contribution in [-0.4, -0.2) is 11.4 Å². The summed E-state index contributed by atoms with van der Waals surface area (Å²) in [5.41, 5.74) is 3.22. The Morgan fingerprint density at radius 1 is 2.00 bits per heavy atom. The summed E-state index contributed by atoms with van der Waals surface area (Å²) in [5, 5.41) is 8.64. The molecule has 0 saturated carbocycles. The Morgan fingerprint density at radius 3 is 2.86 bits per heavy atom. The number of nitrogens with one attached hydrogen (secondary N) is 1. The number of rotatable bonds is 0. The average Bonchev–Trinajstić information content (AvgIpc) is 1.91. The zero-order valence-electron chi connectivity index (χ0n) is 4.01. The highest BCUT2D eigenvalue weighted by Crippen LogP contribution is 2.04. The number of aliphatic hydroxyl groups excluding tert-OH is 1. The lowest BCUT2D eigenvalue weighted by Crippen LogP contribution is -2.10. The molecule has 1 aliphatic heterocycles. The standard InChI is InChI=1S/C4H7NO2/c1-3-2-5-7-4(3)6/h2,4-6H,1H3. The number of hydroxylamine groups is 1. The predicted molar refractivity (Wildman–Crippen MR) is 24.0 cm³/mol. The van der Waals surface area contributed by atoms with Crippen LogP contribution in [-0.2, 0) is 4.84 Å². The van der Waals surface area contributed by atoms with Crippen LogP contribution in [0, 0.1) is 0 Å². The first kappa shape index (κ1) is 4.61. The first-order chi connectivity index (χ1) is 3.30. The maximum absolute atomic E-state index is 8.64. The van der Waals surface area contributed by atoms with Gasteiger partial charge in [-0.1, -0.05) is 0 Å². The van der Waals surface area contributed by atoms with Crippen molar-refractivity contribution in [1.82, 2.24) is 5.48 Å². The minimum atomic E-state index is -0.736. The molecule has 0 fully saturated rings. The van der Waals surface area contributed by atoms with E-state index in [2.05, 4.69) is 10.3 Å². The zero-order chi connectivity index (χ0) is 5.28.